The molecule has 0 radical (unpaired) electrons. The summed E-state index contributed by atoms with van der Waals surface area (Å²) in [6.07, 6.45) is 12.8. The van der Waals surface area contributed by atoms with Crippen molar-refractivity contribution in [1.29, 1.82) is 5.26 Å². The maximum Gasteiger partial charge on any atom is 0.302 e. The fraction of sp³-hybridized carbons (Fsp3) is 0.741. The zero-order chi connectivity index (χ0) is 23.1. The first-order chi connectivity index (χ1) is 15.2. The van der Waals surface area contributed by atoms with Crippen molar-refractivity contribution in [1.82, 2.24) is 0 Å². The minimum absolute atomic E-state index is 0.0352. The number of hydrogen-bond acceptors (Lipinski definition) is 5. The zero-order valence-electron chi connectivity index (χ0n) is 20.0. The second kappa shape index (κ2) is 8.69. The smallest absolute Gasteiger partial charge is 0.302 e. The minimum Gasteiger partial charge on any atom is -0.462 e. The molecule has 0 aromatic carbocycles. The molecule has 32 heavy (non-hydrogen) atoms. The predicted octanol–water partition coefficient (Wildman–Crippen LogP) is 5.51. The average Bonchev–Trinajstić information content (AvgIpc) is 3.08. The Kier molecular flexibility index (Phi) is 6.27. The number of fused-ring (bicyclic) bond motifs is 5. The molecule has 7 atom stereocenters. The van der Waals surface area contributed by atoms with Gasteiger partial charge in [-0.1, -0.05) is 25.5 Å². The highest BCUT2D eigenvalue weighted by molar-refractivity contribution is 5.66. The highest BCUT2D eigenvalue weighted by Gasteiger charge is 2.59. The topological polar surface area (TPSA) is 76.4 Å². The van der Waals surface area contributed by atoms with Gasteiger partial charge in [-0.2, -0.15) is 5.26 Å². The van der Waals surface area contributed by atoms with Gasteiger partial charge < -0.3 is 9.47 Å². The molecule has 0 N–H and O–H groups in total. The molecule has 0 spiro atoms. The van der Waals surface area contributed by atoms with Gasteiger partial charge in [0.05, 0.1) is 6.07 Å². The molecule has 0 bridgehead atoms. The van der Waals surface area contributed by atoms with Gasteiger partial charge in [0.25, 0.3) is 0 Å². The molecule has 5 heteroatoms. The third-order valence-electron chi connectivity index (χ3n) is 9.53. The summed E-state index contributed by atoms with van der Waals surface area (Å²) in [7, 11) is 0. The van der Waals surface area contributed by atoms with Crippen molar-refractivity contribution in [2.45, 2.75) is 85.2 Å². The summed E-state index contributed by atoms with van der Waals surface area (Å²) in [5.41, 5.74) is 2.86. The van der Waals surface area contributed by atoms with E-state index in [9.17, 15) is 14.9 Å². The van der Waals surface area contributed by atoms with Crippen LogP contribution in [0.2, 0.25) is 0 Å². The molecule has 5 nitrogen and oxygen atoms in total. The summed E-state index contributed by atoms with van der Waals surface area (Å²) in [5.74, 6) is 1.81. The van der Waals surface area contributed by atoms with Gasteiger partial charge in [0.15, 0.2) is 0 Å². The second-order valence-corrected chi connectivity index (χ2v) is 11.0. The second-order valence-electron chi connectivity index (χ2n) is 11.0. The quantitative estimate of drug-likeness (QED) is 0.328. The van der Waals surface area contributed by atoms with Crippen molar-refractivity contribution in [2.75, 3.05) is 6.61 Å². The first kappa shape index (κ1) is 23.1. The van der Waals surface area contributed by atoms with Crippen LogP contribution in [0.4, 0.5) is 0 Å². The van der Waals surface area contributed by atoms with Gasteiger partial charge >= 0.3 is 11.9 Å². The lowest BCUT2D eigenvalue weighted by molar-refractivity contribution is -0.148. The Morgan fingerprint density at radius 2 is 1.91 bits per heavy atom. The third-order valence-corrected chi connectivity index (χ3v) is 9.53. The Morgan fingerprint density at radius 1 is 1.12 bits per heavy atom. The van der Waals surface area contributed by atoms with Crippen molar-refractivity contribution in [2.24, 2.45) is 34.5 Å². The van der Waals surface area contributed by atoms with E-state index in [2.05, 4.69) is 26.0 Å². The van der Waals surface area contributed by atoms with E-state index >= 15 is 0 Å². The first-order valence-corrected chi connectivity index (χ1v) is 12.3. The lowest BCUT2D eigenvalue weighted by atomic mass is 9.47. The number of ether oxygens (including phenoxy) is 2. The number of allylic oxidation sites excluding steroid dienone is 2. The van der Waals surface area contributed by atoms with Crippen LogP contribution in [0.1, 0.15) is 79.1 Å². The lowest BCUT2D eigenvalue weighted by Crippen LogP contribution is -2.50. The van der Waals surface area contributed by atoms with Crippen molar-refractivity contribution in [3.8, 4) is 6.07 Å². The molecular formula is C27H37NO4. The highest BCUT2D eigenvalue weighted by atomic mass is 16.5. The van der Waals surface area contributed by atoms with Crippen molar-refractivity contribution >= 4 is 11.9 Å². The molecule has 4 rings (SSSR count). The molecule has 0 aromatic heterocycles. The molecule has 0 saturated heterocycles. The maximum atomic E-state index is 11.5. The van der Waals surface area contributed by atoms with Gasteiger partial charge in [-0.15, -0.1) is 0 Å². The maximum absolute atomic E-state index is 11.5. The van der Waals surface area contributed by atoms with E-state index in [0.717, 1.165) is 44.1 Å². The molecule has 0 aromatic rings. The summed E-state index contributed by atoms with van der Waals surface area (Å²) in [5, 5.41) is 9.36. The zero-order valence-corrected chi connectivity index (χ0v) is 20.0. The number of hydrogen-bond donors (Lipinski definition) is 0. The van der Waals surface area contributed by atoms with Crippen LogP contribution in [-0.4, -0.2) is 24.6 Å². The van der Waals surface area contributed by atoms with Crippen molar-refractivity contribution in [3.05, 3.63) is 23.3 Å². The summed E-state index contributed by atoms with van der Waals surface area (Å²) in [4.78, 5) is 22.9. The van der Waals surface area contributed by atoms with Crippen LogP contribution in [0.15, 0.2) is 23.3 Å². The molecule has 3 saturated carbocycles. The Bertz CT molecular complexity index is 883. The number of nitriles is 1. The Hall–Kier alpha value is -2.09. The monoisotopic (exact) mass is 439 g/mol. The van der Waals surface area contributed by atoms with Gasteiger partial charge in [-0.3, -0.25) is 9.59 Å². The predicted molar refractivity (Wildman–Crippen MR) is 121 cm³/mol. The van der Waals surface area contributed by atoms with E-state index in [4.69, 9.17) is 9.47 Å². The summed E-state index contributed by atoms with van der Waals surface area (Å²) in [6.45, 7) is 8.05. The standard InChI is InChI=1S/C27H37NO4/c1-17(29)31-16-19(11-14-28)23-7-8-24-22-6-5-20-15-21(32-18(2)30)9-12-26(20,3)25(22)10-13-27(23,24)4/h5,11,21-25H,6-10,12-13,15-16H2,1-4H3/b19-11+. The molecule has 0 amide bonds. The van der Waals surface area contributed by atoms with Crippen LogP contribution >= 0.6 is 0 Å². The van der Waals surface area contributed by atoms with Crippen molar-refractivity contribution < 1.29 is 19.1 Å². The molecule has 7 unspecified atom stereocenters. The SMILES string of the molecule is CC(=O)OC/C(=C\C#N)C1CCC2C3CC=C4CC(OC(C)=O)CCC4(C)C3CCC12C. The van der Waals surface area contributed by atoms with E-state index in [0.29, 0.717) is 23.7 Å². The third kappa shape index (κ3) is 3.91. The van der Waals surface area contributed by atoms with Crippen LogP contribution < -0.4 is 0 Å². The summed E-state index contributed by atoms with van der Waals surface area (Å²) < 4.78 is 10.9. The number of esters is 2. The van der Waals surface area contributed by atoms with Gasteiger partial charge in [-0.25, -0.2) is 0 Å². The average molecular weight is 440 g/mol. The minimum atomic E-state index is -0.292. The lowest BCUT2D eigenvalue weighted by Gasteiger charge is -2.58. The van der Waals surface area contributed by atoms with Crippen LogP contribution in [0.5, 0.6) is 0 Å². The van der Waals surface area contributed by atoms with Gasteiger partial charge in [-0.05, 0) is 85.0 Å². The number of carbonyl (C=O) groups is 2. The van der Waals surface area contributed by atoms with Gasteiger partial charge in [0, 0.05) is 26.3 Å². The fourth-order valence-electron chi connectivity index (χ4n) is 8.08. The molecule has 174 valence electrons. The number of rotatable bonds is 4. The largest absolute Gasteiger partial charge is 0.462 e. The Labute approximate surface area is 192 Å². The van der Waals surface area contributed by atoms with E-state index in [-0.39, 0.29) is 35.5 Å². The van der Waals surface area contributed by atoms with Crippen LogP contribution in [0.25, 0.3) is 0 Å². The highest BCUT2D eigenvalue weighted by Crippen LogP contribution is 2.67. The molecular weight excluding hydrogens is 402 g/mol. The molecule has 4 aliphatic rings. The number of carbonyl (C=O) groups excluding carboxylic acids is 2. The summed E-state index contributed by atoms with van der Waals surface area (Å²) in [6, 6.07) is 2.20. The van der Waals surface area contributed by atoms with Gasteiger partial charge in [0.2, 0.25) is 0 Å². The normalized spacial score (nSPS) is 40.8. The molecule has 4 aliphatic carbocycles. The van der Waals surface area contributed by atoms with E-state index in [1.165, 1.54) is 32.3 Å². The first-order valence-electron chi connectivity index (χ1n) is 12.3. The number of nitrogens with zero attached hydrogens (tertiary/aromatic N) is 1. The summed E-state index contributed by atoms with van der Waals surface area (Å²) >= 11 is 0. The van der Waals surface area contributed by atoms with E-state index in [1.807, 2.05) is 0 Å². The molecule has 0 heterocycles. The van der Waals surface area contributed by atoms with Gasteiger partial charge in [0.1, 0.15) is 12.7 Å². The van der Waals surface area contributed by atoms with Crippen LogP contribution in [0.3, 0.4) is 0 Å². The van der Waals surface area contributed by atoms with Crippen LogP contribution in [-0.2, 0) is 19.1 Å². The van der Waals surface area contributed by atoms with E-state index < -0.39 is 0 Å². The molecule has 0 aliphatic heterocycles. The Morgan fingerprint density at radius 3 is 2.59 bits per heavy atom. The Balaban J connectivity index is 1.55. The van der Waals surface area contributed by atoms with E-state index in [1.54, 1.807) is 6.08 Å². The fourth-order valence-corrected chi connectivity index (χ4v) is 8.08. The van der Waals surface area contributed by atoms with Crippen molar-refractivity contribution in [3.63, 3.8) is 0 Å². The van der Waals surface area contributed by atoms with Crippen LogP contribution in [0, 0.1) is 45.8 Å². The molecule has 3 fully saturated rings.